The number of allylic oxidation sites excluding steroid dienone is 19. The summed E-state index contributed by atoms with van der Waals surface area (Å²) in [6.07, 6.45) is 70.2. The highest BCUT2D eigenvalue weighted by atomic mass is 16.3. The van der Waals surface area contributed by atoms with E-state index in [0.717, 1.165) is 96.3 Å². The number of carbonyl (C=O) groups is 1. The maximum absolute atomic E-state index is 12.3. The maximum atomic E-state index is 12.3. The topological polar surface area (TPSA) is 69.6 Å². The Morgan fingerprint density at radius 1 is 0.455 bits per heavy atom. The molecular formula is C51H83NO3. The Morgan fingerprint density at radius 2 is 0.800 bits per heavy atom. The lowest BCUT2D eigenvalue weighted by Gasteiger charge is -2.20. The third kappa shape index (κ3) is 41.8. The van der Waals surface area contributed by atoms with E-state index in [-0.39, 0.29) is 12.5 Å². The largest absolute Gasteiger partial charge is 0.394 e. The molecule has 0 radical (unpaired) electrons. The number of hydrogen-bond donors (Lipinski definition) is 3. The maximum Gasteiger partial charge on any atom is 0.220 e. The van der Waals surface area contributed by atoms with Crippen molar-refractivity contribution < 1.29 is 15.0 Å². The first-order chi connectivity index (χ1) is 27.2. The summed E-state index contributed by atoms with van der Waals surface area (Å²) in [4.78, 5) is 12.3. The quantitative estimate of drug-likeness (QED) is 0.0434. The molecule has 0 aromatic heterocycles. The summed E-state index contributed by atoms with van der Waals surface area (Å²) in [5.74, 6) is -0.0917. The van der Waals surface area contributed by atoms with Gasteiger partial charge in [0.15, 0.2) is 0 Å². The lowest BCUT2D eigenvalue weighted by Crippen LogP contribution is -2.45. The van der Waals surface area contributed by atoms with Crippen LogP contribution in [0.5, 0.6) is 0 Å². The average Bonchev–Trinajstić information content (AvgIpc) is 3.19. The molecule has 0 fully saturated rings. The normalized spacial score (nSPS) is 14.2. The van der Waals surface area contributed by atoms with Crippen molar-refractivity contribution in [2.75, 3.05) is 6.61 Å². The van der Waals surface area contributed by atoms with Crippen molar-refractivity contribution in [3.8, 4) is 0 Å². The van der Waals surface area contributed by atoms with Crippen molar-refractivity contribution in [1.29, 1.82) is 0 Å². The second-order valence-corrected chi connectivity index (χ2v) is 14.4. The Labute approximate surface area is 339 Å². The van der Waals surface area contributed by atoms with Crippen LogP contribution in [0.3, 0.4) is 0 Å². The van der Waals surface area contributed by atoms with Gasteiger partial charge in [-0.3, -0.25) is 4.79 Å². The van der Waals surface area contributed by atoms with E-state index in [1.165, 1.54) is 57.8 Å². The number of hydrogen-bond acceptors (Lipinski definition) is 3. The Morgan fingerprint density at radius 3 is 1.20 bits per heavy atom. The van der Waals surface area contributed by atoms with E-state index in [4.69, 9.17) is 0 Å². The van der Waals surface area contributed by atoms with Crippen molar-refractivity contribution in [3.63, 3.8) is 0 Å². The molecule has 0 aromatic rings. The fraction of sp³-hybridized carbons (Fsp3) is 0.588. The van der Waals surface area contributed by atoms with Crippen LogP contribution in [-0.2, 0) is 4.79 Å². The van der Waals surface area contributed by atoms with Crippen LogP contribution in [-0.4, -0.2) is 34.9 Å². The first kappa shape index (κ1) is 51.8. The average molecular weight is 758 g/mol. The minimum Gasteiger partial charge on any atom is -0.394 e. The molecule has 0 saturated heterocycles. The second kappa shape index (κ2) is 45.2. The van der Waals surface area contributed by atoms with Gasteiger partial charge in [-0.1, -0.05) is 200 Å². The molecule has 4 nitrogen and oxygen atoms in total. The molecule has 4 heteroatoms. The van der Waals surface area contributed by atoms with E-state index in [1.54, 1.807) is 6.08 Å². The van der Waals surface area contributed by atoms with Gasteiger partial charge >= 0.3 is 0 Å². The molecule has 1 amide bonds. The Balaban J connectivity index is 3.71. The number of rotatable bonds is 38. The van der Waals surface area contributed by atoms with Crippen molar-refractivity contribution in [3.05, 3.63) is 122 Å². The molecule has 0 aromatic carbocycles. The Kier molecular flexibility index (Phi) is 42.5. The Hall–Kier alpha value is -3.21. The summed E-state index contributed by atoms with van der Waals surface area (Å²) in [5.41, 5.74) is 0. The number of aliphatic hydroxyl groups excluding tert-OH is 2. The third-order valence-electron chi connectivity index (χ3n) is 9.20. The number of carbonyl (C=O) groups excluding carboxylic acids is 1. The summed E-state index contributed by atoms with van der Waals surface area (Å²) in [5, 5.41) is 22.9. The molecule has 0 aliphatic carbocycles. The summed E-state index contributed by atoms with van der Waals surface area (Å²) < 4.78 is 0. The van der Waals surface area contributed by atoms with Crippen molar-refractivity contribution in [2.24, 2.45) is 0 Å². The summed E-state index contributed by atoms with van der Waals surface area (Å²) in [6, 6.07) is -0.639. The van der Waals surface area contributed by atoms with Crippen LogP contribution in [0.2, 0.25) is 0 Å². The molecular weight excluding hydrogens is 675 g/mol. The van der Waals surface area contributed by atoms with Crippen LogP contribution in [0, 0.1) is 0 Å². The van der Waals surface area contributed by atoms with E-state index in [0.29, 0.717) is 6.42 Å². The number of amides is 1. The van der Waals surface area contributed by atoms with Gasteiger partial charge in [-0.05, 0) is 89.9 Å². The molecule has 0 heterocycles. The van der Waals surface area contributed by atoms with E-state index >= 15 is 0 Å². The number of nitrogens with one attached hydrogen (secondary N) is 1. The van der Waals surface area contributed by atoms with E-state index in [2.05, 4.69) is 129 Å². The van der Waals surface area contributed by atoms with Gasteiger partial charge < -0.3 is 15.5 Å². The van der Waals surface area contributed by atoms with Gasteiger partial charge in [0.05, 0.1) is 18.8 Å². The van der Waals surface area contributed by atoms with Crippen LogP contribution in [0.15, 0.2) is 122 Å². The highest BCUT2D eigenvalue weighted by Gasteiger charge is 2.17. The van der Waals surface area contributed by atoms with Gasteiger partial charge in [-0.2, -0.15) is 0 Å². The summed E-state index contributed by atoms with van der Waals surface area (Å²) >= 11 is 0. The van der Waals surface area contributed by atoms with E-state index < -0.39 is 12.1 Å². The van der Waals surface area contributed by atoms with E-state index in [9.17, 15) is 15.0 Å². The molecule has 0 bridgehead atoms. The van der Waals surface area contributed by atoms with Crippen molar-refractivity contribution >= 4 is 5.91 Å². The molecule has 0 aliphatic rings. The SMILES string of the molecule is CC/C=C\C/C=C\C/C=C\C/C=C\C/C=C\C/C=C\C/C=C\C/C=C\C/C=C\CCCCCCCC(=O)NC(CO)C(O)/C=C/CCCCCCCCCC. The zero-order valence-corrected chi connectivity index (χ0v) is 35.4. The van der Waals surface area contributed by atoms with Gasteiger partial charge in [-0.25, -0.2) is 0 Å². The number of unbranched alkanes of at least 4 members (excludes halogenated alkanes) is 13. The van der Waals surface area contributed by atoms with Gasteiger partial charge in [-0.15, -0.1) is 0 Å². The number of aliphatic hydroxyl groups is 2. The molecule has 3 N–H and O–H groups in total. The monoisotopic (exact) mass is 758 g/mol. The minimum absolute atomic E-state index is 0.0917. The lowest BCUT2D eigenvalue weighted by molar-refractivity contribution is -0.123. The molecule has 310 valence electrons. The van der Waals surface area contributed by atoms with Crippen LogP contribution >= 0.6 is 0 Å². The van der Waals surface area contributed by atoms with Crippen LogP contribution in [0.4, 0.5) is 0 Å². The molecule has 0 aliphatic heterocycles. The summed E-state index contributed by atoms with van der Waals surface area (Å²) in [7, 11) is 0. The standard InChI is InChI=1S/C51H83NO3/c1-3-5-7-9-11-13-15-16-17-18-19-20-21-22-23-24-25-26-27-28-29-30-31-32-33-34-35-36-37-39-41-43-45-47-51(55)52-49(48-53)50(54)46-44-42-40-38-14-12-10-8-6-4-2/h5,7,11,13,16-17,19-20,22-23,25-26,28-29,31-32,34-35,44,46,49-50,53-54H,3-4,6,8-10,12,14-15,18,21,24,27,30,33,36-43,45,47-48H2,1-2H3,(H,52,55)/b7-5-,13-11-,17-16-,20-19-,23-22-,26-25-,29-28-,32-31-,35-34-,46-44+. The van der Waals surface area contributed by atoms with Crippen molar-refractivity contribution in [1.82, 2.24) is 5.32 Å². The van der Waals surface area contributed by atoms with E-state index in [1.807, 2.05) is 6.08 Å². The van der Waals surface area contributed by atoms with Crippen molar-refractivity contribution in [2.45, 2.75) is 187 Å². The lowest BCUT2D eigenvalue weighted by atomic mass is 10.1. The first-order valence-corrected chi connectivity index (χ1v) is 22.2. The summed E-state index contributed by atoms with van der Waals surface area (Å²) in [6.45, 7) is 4.14. The second-order valence-electron chi connectivity index (χ2n) is 14.4. The Bertz CT molecular complexity index is 1130. The fourth-order valence-corrected chi connectivity index (χ4v) is 5.81. The minimum atomic E-state index is -0.854. The highest BCUT2D eigenvalue weighted by Crippen LogP contribution is 2.11. The highest BCUT2D eigenvalue weighted by molar-refractivity contribution is 5.76. The third-order valence-corrected chi connectivity index (χ3v) is 9.20. The first-order valence-electron chi connectivity index (χ1n) is 22.2. The van der Waals surface area contributed by atoms with Crippen LogP contribution in [0.1, 0.15) is 174 Å². The van der Waals surface area contributed by atoms with Gasteiger partial charge in [0, 0.05) is 6.42 Å². The molecule has 2 unspecified atom stereocenters. The predicted molar refractivity (Wildman–Crippen MR) is 243 cm³/mol. The molecule has 0 spiro atoms. The molecule has 55 heavy (non-hydrogen) atoms. The smallest absolute Gasteiger partial charge is 0.220 e. The molecule has 0 rings (SSSR count). The fourth-order valence-electron chi connectivity index (χ4n) is 5.81. The molecule has 2 atom stereocenters. The molecule has 0 saturated carbocycles. The van der Waals surface area contributed by atoms with Gasteiger partial charge in [0.25, 0.3) is 0 Å². The zero-order chi connectivity index (χ0) is 40.0. The zero-order valence-electron chi connectivity index (χ0n) is 35.4. The predicted octanol–water partition coefficient (Wildman–Crippen LogP) is 14.2. The van der Waals surface area contributed by atoms with Crippen LogP contribution in [0.25, 0.3) is 0 Å². The van der Waals surface area contributed by atoms with Crippen LogP contribution < -0.4 is 5.32 Å². The van der Waals surface area contributed by atoms with Gasteiger partial charge in [0.2, 0.25) is 5.91 Å². The van der Waals surface area contributed by atoms with Gasteiger partial charge in [0.1, 0.15) is 0 Å².